The summed E-state index contributed by atoms with van der Waals surface area (Å²) < 4.78 is 1.78. The fourth-order valence-electron chi connectivity index (χ4n) is 1.65. The van der Waals surface area contributed by atoms with Crippen LogP contribution in [-0.4, -0.2) is 10.5 Å². The van der Waals surface area contributed by atoms with Gasteiger partial charge in [-0.3, -0.25) is 4.79 Å². The zero-order chi connectivity index (χ0) is 12.4. The second-order valence-electron chi connectivity index (χ2n) is 3.92. The van der Waals surface area contributed by atoms with Crippen LogP contribution in [0.1, 0.15) is 16.1 Å². The lowest BCUT2D eigenvalue weighted by Crippen LogP contribution is -2.15. The number of nitrogens with one attached hydrogen (secondary N) is 1. The first kappa shape index (κ1) is 11.7. The number of benzene rings is 1. The van der Waals surface area contributed by atoms with E-state index in [1.807, 2.05) is 32.3 Å². The maximum atomic E-state index is 12.0. The first-order valence-corrected chi connectivity index (χ1v) is 5.64. The monoisotopic (exact) mass is 248 g/mol. The lowest BCUT2D eigenvalue weighted by atomic mass is 10.2. The Morgan fingerprint density at radius 3 is 2.71 bits per heavy atom. The number of carbonyl (C=O) groups is 1. The number of hydrogen-bond acceptors (Lipinski definition) is 1. The van der Waals surface area contributed by atoms with Crippen molar-refractivity contribution in [1.29, 1.82) is 0 Å². The van der Waals surface area contributed by atoms with Crippen LogP contribution in [0, 0.1) is 6.92 Å². The molecule has 1 aromatic heterocycles. The topological polar surface area (TPSA) is 34.0 Å². The number of aryl methyl sites for hydroxylation is 2. The summed E-state index contributed by atoms with van der Waals surface area (Å²) in [7, 11) is 1.84. The van der Waals surface area contributed by atoms with E-state index in [9.17, 15) is 4.79 Å². The highest BCUT2D eigenvalue weighted by molar-refractivity contribution is 6.30. The van der Waals surface area contributed by atoms with Crippen LogP contribution in [0.15, 0.2) is 36.5 Å². The molecule has 1 amide bonds. The Hall–Kier alpha value is -1.74. The Morgan fingerprint density at radius 1 is 1.35 bits per heavy atom. The molecule has 1 aromatic carbocycles. The van der Waals surface area contributed by atoms with Crippen molar-refractivity contribution in [1.82, 2.24) is 4.57 Å². The molecule has 0 radical (unpaired) electrons. The molecule has 17 heavy (non-hydrogen) atoms. The number of hydrogen-bond donors (Lipinski definition) is 1. The summed E-state index contributed by atoms with van der Waals surface area (Å²) in [6.45, 7) is 1.91. The molecule has 0 spiro atoms. The first-order valence-electron chi connectivity index (χ1n) is 5.27. The summed E-state index contributed by atoms with van der Waals surface area (Å²) in [6, 6.07) is 9.00. The van der Waals surface area contributed by atoms with Crippen LogP contribution in [0.4, 0.5) is 5.69 Å². The SMILES string of the molecule is Cc1cc(Cl)ccc1NC(=O)c1cccn1C. The highest BCUT2D eigenvalue weighted by Gasteiger charge is 2.10. The molecule has 2 rings (SSSR count). The van der Waals surface area contributed by atoms with Crippen LogP contribution in [-0.2, 0) is 7.05 Å². The van der Waals surface area contributed by atoms with Gasteiger partial charge in [-0.25, -0.2) is 0 Å². The Bertz CT molecular complexity index is 560. The van der Waals surface area contributed by atoms with Gasteiger partial charge < -0.3 is 9.88 Å². The predicted molar refractivity (Wildman–Crippen MR) is 69.6 cm³/mol. The van der Waals surface area contributed by atoms with E-state index in [0.717, 1.165) is 11.3 Å². The Kier molecular flexibility index (Phi) is 3.20. The zero-order valence-corrected chi connectivity index (χ0v) is 10.5. The standard InChI is InChI=1S/C13H13ClN2O/c1-9-8-10(14)5-6-11(9)15-13(17)12-4-3-7-16(12)2/h3-8H,1-2H3,(H,15,17). The number of rotatable bonds is 2. The minimum absolute atomic E-state index is 0.122. The molecule has 0 aliphatic carbocycles. The van der Waals surface area contributed by atoms with E-state index >= 15 is 0 Å². The van der Waals surface area contributed by atoms with Gasteiger partial charge in [0.2, 0.25) is 0 Å². The molecule has 0 saturated carbocycles. The molecule has 88 valence electrons. The summed E-state index contributed by atoms with van der Waals surface area (Å²) in [6.07, 6.45) is 1.84. The van der Waals surface area contributed by atoms with Crippen molar-refractivity contribution in [3.63, 3.8) is 0 Å². The number of carbonyl (C=O) groups excluding carboxylic acids is 1. The number of aromatic nitrogens is 1. The van der Waals surface area contributed by atoms with Crippen LogP contribution in [0.3, 0.4) is 0 Å². The van der Waals surface area contributed by atoms with E-state index in [4.69, 9.17) is 11.6 Å². The number of anilines is 1. The first-order chi connectivity index (χ1) is 8.08. The van der Waals surface area contributed by atoms with Crippen LogP contribution >= 0.6 is 11.6 Å². The molecule has 1 N–H and O–H groups in total. The maximum absolute atomic E-state index is 12.0. The molecule has 0 fully saturated rings. The molecule has 3 nitrogen and oxygen atoms in total. The molecule has 0 aliphatic heterocycles. The maximum Gasteiger partial charge on any atom is 0.272 e. The summed E-state index contributed by atoms with van der Waals surface area (Å²) in [5.74, 6) is -0.122. The van der Waals surface area contributed by atoms with Gasteiger partial charge in [-0.2, -0.15) is 0 Å². The minimum Gasteiger partial charge on any atom is -0.347 e. The van der Waals surface area contributed by atoms with Gasteiger partial charge in [0.25, 0.3) is 5.91 Å². The van der Waals surface area contributed by atoms with E-state index in [2.05, 4.69) is 5.32 Å². The smallest absolute Gasteiger partial charge is 0.272 e. The van der Waals surface area contributed by atoms with Crippen molar-refractivity contribution in [2.75, 3.05) is 5.32 Å². The molecule has 0 saturated heterocycles. The second kappa shape index (κ2) is 4.63. The van der Waals surface area contributed by atoms with Crippen LogP contribution in [0.5, 0.6) is 0 Å². The predicted octanol–water partition coefficient (Wildman–Crippen LogP) is 3.24. The number of amides is 1. The third-order valence-corrected chi connectivity index (χ3v) is 2.85. The average Bonchev–Trinajstić information content (AvgIpc) is 2.68. The molecule has 0 aliphatic rings. The van der Waals surface area contributed by atoms with E-state index in [1.54, 1.807) is 22.8 Å². The summed E-state index contributed by atoms with van der Waals surface area (Å²) in [4.78, 5) is 12.0. The summed E-state index contributed by atoms with van der Waals surface area (Å²) in [5, 5.41) is 3.53. The van der Waals surface area contributed by atoms with Gasteiger partial charge in [-0.05, 0) is 42.8 Å². The number of halogens is 1. The number of nitrogens with zero attached hydrogens (tertiary/aromatic N) is 1. The summed E-state index contributed by atoms with van der Waals surface area (Å²) in [5.41, 5.74) is 2.35. The third-order valence-electron chi connectivity index (χ3n) is 2.61. The van der Waals surface area contributed by atoms with E-state index in [1.165, 1.54) is 0 Å². The third kappa shape index (κ3) is 2.50. The van der Waals surface area contributed by atoms with Gasteiger partial charge in [0, 0.05) is 24.0 Å². The molecule has 0 bridgehead atoms. The van der Waals surface area contributed by atoms with Gasteiger partial charge in [-0.1, -0.05) is 11.6 Å². The van der Waals surface area contributed by atoms with Gasteiger partial charge >= 0.3 is 0 Å². The highest BCUT2D eigenvalue weighted by Crippen LogP contribution is 2.20. The molecule has 0 unspecified atom stereocenters. The minimum atomic E-state index is -0.122. The van der Waals surface area contributed by atoms with Crippen molar-refractivity contribution in [2.45, 2.75) is 6.92 Å². The second-order valence-corrected chi connectivity index (χ2v) is 4.35. The van der Waals surface area contributed by atoms with Gasteiger partial charge in [0.15, 0.2) is 0 Å². The lowest BCUT2D eigenvalue weighted by Gasteiger charge is -2.09. The largest absolute Gasteiger partial charge is 0.347 e. The fraction of sp³-hybridized carbons (Fsp3) is 0.154. The van der Waals surface area contributed by atoms with Gasteiger partial charge in [-0.15, -0.1) is 0 Å². The van der Waals surface area contributed by atoms with Crippen LogP contribution in [0.2, 0.25) is 5.02 Å². The van der Waals surface area contributed by atoms with Crippen molar-refractivity contribution in [2.24, 2.45) is 7.05 Å². The van der Waals surface area contributed by atoms with E-state index < -0.39 is 0 Å². The van der Waals surface area contributed by atoms with Crippen molar-refractivity contribution in [3.8, 4) is 0 Å². The normalized spacial score (nSPS) is 10.3. The Morgan fingerprint density at radius 2 is 2.12 bits per heavy atom. The van der Waals surface area contributed by atoms with Gasteiger partial charge in [0.05, 0.1) is 0 Å². The molecular weight excluding hydrogens is 236 g/mol. The fourth-order valence-corrected chi connectivity index (χ4v) is 1.88. The lowest BCUT2D eigenvalue weighted by molar-refractivity contribution is 0.101. The quantitative estimate of drug-likeness (QED) is 0.870. The van der Waals surface area contributed by atoms with Crippen molar-refractivity contribution in [3.05, 3.63) is 52.8 Å². The van der Waals surface area contributed by atoms with Crippen molar-refractivity contribution >= 4 is 23.2 Å². The van der Waals surface area contributed by atoms with E-state index in [-0.39, 0.29) is 5.91 Å². The van der Waals surface area contributed by atoms with E-state index in [0.29, 0.717) is 10.7 Å². The summed E-state index contributed by atoms with van der Waals surface area (Å²) >= 11 is 5.86. The van der Waals surface area contributed by atoms with Crippen molar-refractivity contribution < 1.29 is 4.79 Å². The molecule has 1 heterocycles. The Labute approximate surface area is 105 Å². The molecule has 2 aromatic rings. The molecule has 4 heteroatoms. The molecule has 0 atom stereocenters. The molecular formula is C13H13ClN2O. The van der Waals surface area contributed by atoms with Crippen LogP contribution < -0.4 is 5.32 Å². The Balaban J connectivity index is 2.22. The van der Waals surface area contributed by atoms with Crippen LogP contribution in [0.25, 0.3) is 0 Å². The van der Waals surface area contributed by atoms with Gasteiger partial charge in [0.1, 0.15) is 5.69 Å². The zero-order valence-electron chi connectivity index (χ0n) is 9.70. The average molecular weight is 249 g/mol. The highest BCUT2D eigenvalue weighted by atomic mass is 35.5.